The van der Waals surface area contributed by atoms with E-state index < -0.39 is 0 Å². The summed E-state index contributed by atoms with van der Waals surface area (Å²) in [6, 6.07) is 169. The fourth-order valence-corrected chi connectivity index (χ4v) is 13.5. The van der Waals surface area contributed by atoms with Gasteiger partial charge in [-0.25, -0.2) is 0 Å². The maximum Gasteiger partial charge on any atom is 0.0299 e. The van der Waals surface area contributed by atoms with Gasteiger partial charge in [-0.15, -0.1) is 285 Å². The second-order valence-electron chi connectivity index (χ2n) is 30.0. The second kappa shape index (κ2) is 56.1. The third-order valence-electron chi connectivity index (χ3n) is 19.6. The third kappa shape index (κ3) is 33.1. The van der Waals surface area contributed by atoms with Crippen LogP contribution in [0.2, 0.25) is 0 Å². The molecule has 12 heteroatoms. The van der Waals surface area contributed by atoms with Crippen molar-refractivity contribution in [3.63, 3.8) is 0 Å². The zero-order chi connectivity index (χ0) is 88.4. The molecule has 0 aliphatic rings. The van der Waals surface area contributed by atoms with E-state index in [1.807, 2.05) is 318 Å². The summed E-state index contributed by atoms with van der Waals surface area (Å²) in [6.45, 7) is 12.5. The molecule has 20 aromatic rings. The number of nitrogens with zero attached hydrogens (tertiary/aromatic N) is 8. The van der Waals surface area contributed by atoms with Crippen LogP contribution in [0.3, 0.4) is 0 Å². The Bertz CT molecular complexity index is 6130. The van der Waals surface area contributed by atoms with Gasteiger partial charge in [0.25, 0.3) is 0 Å². The molecule has 0 aliphatic heterocycles. The molecular weight excluding hydrogens is 2320 g/mol. The van der Waals surface area contributed by atoms with Crippen LogP contribution in [0, 0.1) is 82.1 Å². The van der Waals surface area contributed by atoms with Crippen LogP contribution in [0.4, 0.5) is 0 Å². The minimum atomic E-state index is 0. The Labute approximate surface area is 833 Å². The van der Waals surface area contributed by atoms with Crippen LogP contribution in [-0.2, 0) is 86.8 Å². The number of aryl methyl sites for hydroxylation is 4. The molecule has 4 radical (unpaired) electrons. The minimum absolute atomic E-state index is 0. The average Bonchev–Trinajstić information content (AvgIpc) is 0.775. The van der Waals surface area contributed by atoms with Gasteiger partial charge in [-0.3, -0.25) is 0 Å². The van der Waals surface area contributed by atoms with Crippen molar-refractivity contribution in [3.05, 3.63) is 532 Å². The molecule has 0 unspecified atom stereocenters. The molecule has 12 aromatic carbocycles. The molecular formula is C120H96Ir4N8-8. The Balaban J connectivity index is 0.000000170. The second-order valence-corrected chi connectivity index (χ2v) is 30.0. The number of hydrogen-bond acceptors (Lipinski definition) is 8. The van der Waals surface area contributed by atoms with Gasteiger partial charge in [0.05, 0.1) is 0 Å². The van der Waals surface area contributed by atoms with E-state index in [2.05, 4.69) is 243 Å². The molecule has 660 valence electrons. The Morgan fingerprint density at radius 3 is 0.750 bits per heavy atom. The molecule has 8 aromatic heterocycles. The first kappa shape index (κ1) is 102. The van der Waals surface area contributed by atoms with Gasteiger partial charge in [-0.1, -0.05) is 232 Å². The number of hydrogen-bond donors (Lipinski definition) is 0. The molecule has 0 N–H and O–H groups in total. The van der Waals surface area contributed by atoms with E-state index in [0.29, 0.717) is 5.92 Å². The van der Waals surface area contributed by atoms with Gasteiger partial charge in [0.2, 0.25) is 0 Å². The monoisotopic (exact) mass is 2420 g/mol. The minimum Gasteiger partial charge on any atom is -0.305 e. The zero-order valence-electron chi connectivity index (χ0n) is 74.0. The van der Waals surface area contributed by atoms with Crippen molar-refractivity contribution in [1.29, 1.82) is 0 Å². The number of benzene rings is 12. The van der Waals surface area contributed by atoms with Crippen molar-refractivity contribution in [2.24, 2.45) is 5.92 Å². The molecule has 0 bridgehead atoms. The SMILES string of the molecule is CC(C)Cc1cccc(-c2[c-]cccc2)n1.Cc1cc(C)nc(-c2[c-]cccc2)c1.Cc1cccc(-c2[c-]ccc(-c3ccccc3)c2)n1.Cc1cccc(-c2[c-]cccc2)n1.[Ir].[Ir].[Ir].[Ir].[c-]1ccc(-c2ccccc2)cc1-c1ccccn1.[c-]1ccc(-c2ccccc2)cc1-c1ccccn1.[c-]1ccc(-c2ccccc2)cc1-c1ccccn1.[c-]1ccccc1-c1ccccn1. The first-order chi connectivity index (χ1) is 63.0. The summed E-state index contributed by atoms with van der Waals surface area (Å²) in [5, 5.41) is 0. The maximum atomic E-state index is 4.65. The standard InChI is InChI=1S/C18H14N.3C17H12N.C15H16N.C13H12N.C12H10N.C11H8N.4Ir/c1-14-7-5-12-18(19-14)17-11-6-10-16(13-17)15-8-3-2-4-9-15;3*1-2-7-14(8-3-1)15-9-6-10-16(13-15)17-11-4-5-12-18-17;1-12(2)11-14-9-6-10-15(16-14)13-7-4-3-5-8-13;1-10-8-11(2)14-13(9-10)12-6-4-3-5-7-12;1-10-6-5-9-12(13-10)11-7-3-2-4-8-11;1-2-6-10(7-3-1)11-8-4-5-9-12-11;;;;/h2-10,12-13H,1H3;3*1-9,11-13H;3-7,9-10,12H,11H2,1-2H3;3-6,8-9H,1-2H3;2-7,9H,1H3;1-6,8-9H;;;;/q8*-1;;;;. The molecule has 0 saturated carbocycles. The molecule has 0 aliphatic carbocycles. The topological polar surface area (TPSA) is 103 Å². The smallest absolute Gasteiger partial charge is 0.0299 e. The van der Waals surface area contributed by atoms with Crippen LogP contribution in [0.25, 0.3) is 135 Å². The Morgan fingerprint density at radius 1 is 0.197 bits per heavy atom. The van der Waals surface area contributed by atoms with E-state index in [-0.39, 0.29) is 80.4 Å². The molecule has 0 saturated heterocycles. The molecule has 132 heavy (non-hydrogen) atoms. The largest absolute Gasteiger partial charge is 0.305 e. The van der Waals surface area contributed by atoms with Crippen LogP contribution in [0.5, 0.6) is 0 Å². The molecule has 8 nitrogen and oxygen atoms in total. The molecule has 0 amide bonds. The predicted molar refractivity (Wildman–Crippen MR) is 527 cm³/mol. The van der Waals surface area contributed by atoms with Crippen LogP contribution in [0.15, 0.2) is 455 Å². The summed E-state index contributed by atoms with van der Waals surface area (Å²) in [4.78, 5) is 35.4. The van der Waals surface area contributed by atoms with Crippen molar-refractivity contribution in [1.82, 2.24) is 39.9 Å². The van der Waals surface area contributed by atoms with Crippen molar-refractivity contribution >= 4 is 0 Å². The van der Waals surface area contributed by atoms with Gasteiger partial charge in [0.15, 0.2) is 0 Å². The Hall–Kier alpha value is -13.6. The summed E-state index contributed by atoms with van der Waals surface area (Å²) in [5.74, 6) is 0.641. The van der Waals surface area contributed by atoms with Crippen molar-refractivity contribution in [2.75, 3.05) is 0 Å². The molecule has 20 rings (SSSR count). The van der Waals surface area contributed by atoms with Gasteiger partial charge >= 0.3 is 0 Å². The fraction of sp³-hybridized carbons (Fsp3) is 0.0667. The molecule has 8 heterocycles. The zero-order valence-corrected chi connectivity index (χ0v) is 83.6. The van der Waals surface area contributed by atoms with E-state index >= 15 is 0 Å². The van der Waals surface area contributed by atoms with Gasteiger partial charge in [0, 0.05) is 128 Å². The summed E-state index contributed by atoms with van der Waals surface area (Å²) in [6.07, 6.45) is 8.23. The number of pyridine rings is 8. The van der Waals surface area contributed by atoms with E-state index in [1.54, 1.807) is 24.8 Å². The fourth-order valence-electron chi connectivity index (χ4n) is 13.5. The predicted octanol–water partition coefficient (Wildman–Crippen LogP) is 29.5. The average molecular weight is 2420 g/mol. The van der Waals surface area contributed by atoms with Gasteiger partial charge < -0.3 is 39.9 Å². The van der Waals surface area contributed by atoms with Crippen LogP contribution in [-0.4, -0.2) is 39.9 Å². The van der Waals surface area contributed by atoms with Crippen molar-refractivity contribution < 1.29 is 80.4 Å². The summed E-state index contributed by atoms with van der Waals surface area (Å²) < 4.78 is 0. The summed E-state index contributed by atoms with van der Waals surface area (Å²) >= 11 is 0. The molecule has 0 fully saturated rings. The van der Waals surface area contributed by atoms with E-state index in [9.17, 15) is 0 Å². The van der Waals surface area contributed by atoms with Gasteiger partial charge in [0.1, 0.15) is 0 Å². The summed E-state index contributed by atoms with van der Waals surface area (Å²) in [7, 11) is 0. The number of aromatic nitrogens is 8. The Kier molecular flexibility index (Phi) is 43.4. The van der Waals surface area contributed by atoms with Crippen LogP contribution >= 0.6 is 0 Å². The van der Waals surface area contributed by atoms with E-state index in [4.69, 9.17) is 0 Å². The van der Waals surface area contributed by atoms with Crippen LogP contribution < -0.4 is 0 Å². The van der Waals surface area contributed by atoms with Gasteiger partial charge in [-0.05, 0) is 156 Å². The van der Waals surface area contributed by atoms with Gasteiger partial charge in [-0.2, -0.15) is 0 Å². The Morgan fingerprint density at radius 2 is 0.455 bits per heavy atom. The maximum absolute atomic E-state index is 4.65. The quantitative estimate of drug-likeness (QED) is 0.0992. The summed E-state index contributed by atoms with van der Waals surface area (Å²) in [5.41, 5.74) is 31.2. The van der Waals surface area contributed by atoms with E-state index in [0.717, 1.165) is 119 Å². The third-order valence-corrected chi connectivity index (χ3v) is 19.6. The van der Waals surface area contributed by atoms with Crippen LogP contribution in [0.1, 0.15) is 42.2 Å². The first-order valence-corrected chi connectivity index (χ1v) is 42.6. The molecule has 0 atom stereocenters. The van der Waals surface area contributed by atoms with Crippen molar-refractivity contribution in [2.45, 2.75) is 48.0 Å². The first-order valence-electron chi connectivity index (χ1n) is 42.6. The number of rotatable bonds is 14. The molecule has 0 spiro atoms. The van der Waals surface area contributed by atoms with E-state index in [1.165, 1.54) is 50.1 Å². The van der Waals surface area contributed by atoms with Crippen molar-refractivity contribution in [3.8, 4) is 135 Å². The normalized spacial score (nSPS) is 9.90.